The van der Waals surface area contributed by atoms with Gasteiger partial charge in [0.15, 0.2) is 0 Å². The average molecular weight is 295 g/mol. The molecule has 112 valence electrons. The molecule has 0 radical (unpaired) electrons. The van der Waals surface area contributed by atoms with Crippen LogP contribution < -0.4 is 10.1 Å². The van der Waals surface area contributed by atoms with Crippen LogP contribution in [-0.2, 0) is 6.42 Å². The Morgan fingerprint density at radius 1 is 1.05 bits per heavy atom. The molecule has 1 heterocycles. The zero-order chi connectivity index (χ0) is 15.2. The van der Waals surface area contributed by atoms with Gasteiger partial charge < -0.3 is 10.1 Å². The first-order valence-electron chi connectivity index (χ1n) is 7.07. The highest BCUT2D eigenvalue weighted by Crippen LogP contribution is 2.16. The lowest BCUT2D eigenvalue weighted by molar-refractivity contribution is 0.414. The van der Waals surface area contributed by atoms with E-state index in [0.29, 0.717) is 5.95 Å². The molecule has 0 unspecified atom stereocenters. The Hall–Kier alpha value is -2.89. The van der Waals surface area contributed by atoms with Crippen LogP contribution in [0, 0.1) is 0 Å². The van der Waals surface area contributed by atoms with Crippen LogP contribution in [0.15, 0.2) is 54.6 Å². The summed E-state index contributed by atoms with van der Waals surface area (Å²) in [5.41, 5.74) is 2.16. The van der Waals surface area contributed by atoms with Gasteiger partial charge in [-0.05, 0) is 46.7 Å². The Bertz CT molecular complexity index is 709. The molecular weight excluding hydrogens is 278 g/mol. The number of nitrogens with one attached hydrogen (secondary N) is 1. The van der Waals surface area contributed by atoms with Gasteiger partial charge in [0, 0.05) is 6.54 Å². The number of hydrogen-bond donors (Lipinski definition) is 1. The molecule has 22 heavy (non-hydrogen) atoms. The molecule has 0 bridgehead atoms. The molecule has 0 aliphatic rings. The van der Waals surface area contributed by atoms with Crippen molar-refractivity contribution in [3.8, 4) is 11.4 Å². The smallest absolute Gasteiger partial charge is 0.247 e. The standard InChI is InChI=1S/C16H17N5O/c1-22-15-9-7-14(8-10-15)21-16(18-19-20-21)17-12-11-13-5-3-2-4-6-13/h2-10H,11-12H2,1H3,(H,17,18,20). The Kier molecular flexibility index (Phi) is 4.29. The van der Waals surface area contributed by atoms with Crippen molar-refractivity contribution in [2.75, 3.05) is 19.0 Å². The van der Waals surface area contributed by atoms with E-state index in [0.717, 1.165) is 24.4 Å². The molecule has 3 rings (SSSR count). The van der Waals surface area contributed by atoms with Gasteiger partial charge in [0.25, 0.3) is 0 Å². The highest BCUT2D eigenvalue weighted by molar-refractivity contribution is 5.41. The molecular formula is C16H17N5O. The zero-order valence-electron chi connectivity index (χ0n) is 12.3. The van der Waals surface area contributed by atoms with E-state index < -0.39 is 0 Å². The van der Waals surface area contributed by atoms with E-state index in [1.807, 2.05) is 42.5 Å². The summed E-state index contributed by atoms with van der Waals surface area (Å²) in [5.74, 6) is 1.43. The molecule has 0 spiro atoms. The van der Waals surface area contributed by atoms with Gasteiger partial charge in [-0.2, -0.15) is 4.68 Å². The third-order valence-corrected chi connectivity index (χ3v) is 3.33. The van der Waals surface area contributed by atoms with Crippen molar-refractivity contribution in [3.05, 3.63) is 60.2 Å². The number of nitrogens with zero attached hydrogens (tertiary/aromatic N) is 4. The van der Waals surface area contributed by atoms with Gasteiger partial charge in [0.2, 0.25) is 5.95 Å². The highest BCUT2D eigenvalue weighted by atomic mass is 16.5. The van der Waals surface area contributed by atoms with E-state index in [4.69, 9.17) is 4.74 Å². The summed E-state index contributed by atoms with van der Waals surface area (Å²) in [7, 11) is 1.64. The summed E-state index contributed by atoms with van der Waals surface area (Å²) in [6, 6.07) is 17.9. The summed E-state index contributed by atoms with van der Waals surface area (Å²) >= 11 is 0. The van der Waals surface area contributed by atoms with Gasteiger partial charge in [-0.25, -0.2) is 0 Å². The van der Waals surface area contributed by atoms with Crippen molar-refractivity contribution in [3.63, 3.8) is 0 Å². The van der Waals surface area contributed by atoms with Crippen LogP contribution in [0.2, 0.25) is 0 Å². The maximum absolute atomic E-state index is 5.15. The van der Waals surface area contributed by atoms with Crippen LogP contribution in [0.25, 0.3) is 5.69 Å². The van der Waals surface area contributed by atoms with Gasteiger partial charge in [0.1, 0.15) is 5.75 Å². The van der Waals surface area contributed by atoms with E-state index in [1.165, 1.54) is 5.56 Å². The zero-order valence-corrected chi connectivity index (χ0v) is 12.3. The van der Waals surface area contributed by atoms with E-state index in [9.17, 15) is 0 Å². The van der Waals surface area contributed by atoms with Crippen LogP contribution in [0.1, 0.15) is 5.56 Å². The maximum atomic E-state index is 5.15. The number of hydrogen-bond acceptors (Lipinski definition) is 5. The SMILES string of the molecule is COc1ccc(-n2nnnc2NCCc2ccccc2)cc1. The van der Waals surface area contributed by atoms with Crippen molar-refractivity contribution in [2.45, 2.75) is 6.42 Å². The number of tetrazole rings is 1. The second kappa shape index (κ2) is 6.71. The minimum absolute atomic E-state index is 0.626. The number of anilines is 1. The number of benzene rings is 2. The molecule has 0 atom stereocenters. The normalized spacial score (nSPS) is 10.4. The van der Waals surface area contributed by atoms with Crippen LogP contribution in [0.4, 0.5) is 5.95 Å². The van der Waals surface area contributed by atoms with Gasteiger partial charge in [-0.15, -0.1) is 0 Å². The summed E-state index contributed by atoms with van der Waals surface area (Å²) in [6.07, 6.45) is 0.913. The number of aromatic nitrogens is 4. The lowest BCUT2D eigenvalue weighted by atomic mass is 10.1. The topological polar surface area (TPSA) is 64.9 Å². The fourth-order valence-electron chi connectivity index (χ4n) is 2.16. The van der Waals surface area contributed by atoms with Crippen molar-refractivity contribution in [2.24, 2.45) is 0 Å². The van der Waals surface area contributed by atoms with E-state index in [1.54, 1.807) is 11.8 Å². The van der Waals surface area contributed by atoms with Crippen molar-refractivity contribution >= 4 is 5.95 Å². The van der Waals surface area contributed by atoms with Crippen LogP contribution in [0.5, 0.6) is 5.75 Å². The first kappa shape index (κ1) is 14.1. The van der Waals surface area contributed by atoms with E-state index >= 15 is 0 Å². The Labute approximate surface area is 128 Å². The minimum atomic E-state index is 0.626. The monoisotopic (exact) mass is 295 g/mol. The number of ether oxygens (including phenoxy) is 1. The quantitative estimate of drug-likeness (QED) is 0.756. The van der Waals surface area contributed by atoms with Gasteiger partial charge >= 0.3 is 0 Å². The van der Waals surface area contributed by atoms with Crippen molar-refractivity contribution in [1.82, 2.24) is 20.2 Å². The lowest BCUT2D eigenvalue weighted by Crippen LogP contribution is -2.10. The summed E-state index contributed by atoms with van der Waals surface area (Å²) in [4.78, 5) is 0. The molecule has 0 saturated carbocycles. The minimum Gasteiger partial charge on any atom is -0.497 e. The first-order chi connectivity index (χ1) is 10.9. The van der Waals surface area contributed by atoms with Gasteiger partial charge in [-0.1, -0.05) is 35.4 Å². The predicted octanol–water partition coefficient (Wildman–Crippen LogP) is 2.33. The van der Waals surface area contributed by atoms with Gasteiger partial charge in [-0.3, -0.25) is 0 Å². The average Bonchev–Trinajstić information content (AvgIpc) is 3.04. The largest absolute Gasteiger partial charge is 0.497 e. The molecule has 1 N–H and O–H groups in total. The third-order valence-electron chi connectivity index (χ3n) is 3.33. The fraction of sp³-hybridized carbons (Fsp3) is 0.188. The molecule has 0 fully saturated rings. The van der Waals surface area contributed by atoms with Crippen molar-refractivity contribution < 1.29 is 4.74 Å². The molecule has 2 aromatic carbocycles. The summed E-state index contributed by atoms with van der Waals surface area (Å²) in [6.45, 7) is 0.764. The number of methoxy groups -OCH3 is 1. The predicted molar refractivity (Wildman–Crippen MR) is 84.3 cm³/mol. The molecule has 0 aliphatic carbocycles. The highest BCUT2D eigenvalue weighted by Gasteiger charge is 2.07. The van der Waals surface area contributed by atoms with E-state index in [-0.39, 0.29) is 0 Å². The summed E-state index contributed by atoms with van der Waals surface area (Å²) < 4.78 is 6.83. The Balaban J connectivity index is 1.66. The van der Waals surface area contributed by atoms with Crippen LogP contribution in [-0.4, -0.2) is 33.9 Å². The Morgan fingerprint density at radius 3 is 2.55 bits per heavy atom. The molecule has 3 aromatic rings. The molecule has 0 saturated heterocycles. The second-order valence-corrected chi connectivity index (χ2v) is 4.77. The van der Waals surface area contributed by atoms with Crippen LogP contribution >= 0.6 is 0 Å². The summed E-state index contributed by atoms with van der Waals surface area (Å²) in [5, 5.41) is 15.0. The lowest BCUT2D eigenvalue weighted by Gasteiger charge is -2.07. The molecule has 6 nitrogen and oxygen atoms in total. The third kappa shape index (κ3) is 3.22. The van der Waals surface area contributed by atoms with Crippen LogP contribution in [0.3, 0.4) is 0 Å². The molecule has 0 aliphatic heterocycles. The molecule has 0 amide bonds. The van der Waals surface area contributed by atoms with E-state index in [2.05, 4.69) is 33.0 Å². The fourth-order valence-corrected chi connectivity index (χ4v) is 2.16. The Morgan fingerprint density at radius 2 is 1.82 bits per heavy atom. The maximum Gasteiger partial charge on any atom is 0.247 e. The second-order valence-electron chi connectivity index (χ2n) is 4.77. The molecule has 6 heteroatoms. The first-order valence-corrected chi connectivity index (χ1v) is 7.07. The number of rotatable bonds is 6. The molecule has 1 aromatic heterocycles. The van der Waals surface area contributed by atoms with Crippen molar-refractivity contribution in [1.29, 1.82) is 0 Å². The van der Waals surface area contributed by atoms with Gasteiger partial charge in [0.05, 0.1) is 12.8 Å².